The number of piperazine rings is 1. The Bertz CT molecular complexity index is 619. The lowest BCUT2D eigenvalue weighted by Crippen LogP contribution is -2.50. The highest BCUT2D eigenvalue weighted by Crippen LogP contribution is 2.16. The summed E-state index contributed by atoms with van der Waals surface area (Å²) in [5.41, 5.74) is 1.20. The highest BCUT2D eigenvalue weighted by molar-refractivity contribution is 5.78. The zero-order valence-corrected chi connectivity index (χ0v) is 12.6. The van der Waals surface area contributed by atoms with E-state index in [1.807, 2.05) is 23.1 Å². The summed E-state index contributed by atoms with van der Waals surface area (Å²) in [6.45, 7) is 4.85. The fraction of sp³-hybridized carbons (Fsp3) is 0.375. The topological polar surface area (TPSA) is 58.8 Å². The quantitative estimate of drug-likeness (QED) is 0.860. The van der Waals surface area contributed by atoms with Crippen molar-refractivity contribution in [1.82, 2.24) is 10.1 Å². The van der Waals surface area contributed by atoms with Crippen molar-refractivity contribution in [2.45, 2.75) is 6.92 Å². The van der Waals surface area contributed by atoms with E-state index >= 15 is 0 Å². The van der Waals surface area contributed by atoms with E-state index in [4.69, 9.17) is 9.26 Å². The van der Waals surface area contributed by atoms with Crippen LogP contribution in [0.3, 0.4) is 0 Å². The summed E-state index contributed by atoms with van der Waals surface area (Å²) < 4.78 is 10.2. The Morgan fingerprint density at radius 3 is 2.59 bits per heavy atom. The van der Waals surface area contributed by atoms with Gasteiger partial charge < -0.3 is 19.1 Å². The zero-order valence-electron chi connectivity index (χ0n) is 12.6. The van der Waals surface area contributed by atoms with Crippen LogP contribution in [0, 0.1) is 6.92 Å². The number of aromatic nitrogens is 1. The lowest BCUT2D eigenvalue weighted by atomic mass is 10.2. The fourth-order valence-corrected chi connectivity index (χ4v) is 2.49. The molecule has 1 aliphatic rings. The molecule has 1 aromatic heterocycles. The number of rotatable bonds is 4. The first kappa shape index (κ1) is 14.4. The molecule has 1 aromatic carbocycles. The average Bonchev–Trinajstić information content (AvgIpc) is 2.99. The number of benzene rings is 1. The van der Waals surface area contributed by atoms with Crippen LogP contribution >= 0.6 is 0 Å². The summed E-state index contributed by atoms with van der Waals surface area (Å²) in [5.74, 6) is 1.00. The number of aryl methyl sites for hydroxylation is 1. The van der Waals surface area contributed by atoms with Crippen molar-refractivity contribution >= 4 is 11.6 Å². The molecule has 0 atom stereocenters. The van der Waals surface area contributed by atoms with Gasteiger partial charge in [0.05, 0.1) is 0 Å². The van der Waals surface area contributed by atoms with Crippen LogP contribution in [0.2, 0.25) is 0 Å². The maximum Gasteiger partial charge on any atom is 0.260 e. The largest absolute Gasteiger partial charge is 0.465 e. The van der Waals surface area contributed by atoms with Crippen molar-refractivity contribution in [1.29, 1.82) is 0 Å². The second kappa shape index (κ2) is 6.51. The SMILES string of the molecule is Cc1cc(OCC(=O)N2CCN(c3ccccc3)CC2)no1. The summed E-state index contributed by atoms with van der Waals surface area (Å²) in [5, 5.41) is 3.71. The van der Waals surface area contributed by atoms with Crippen molar-refractivity contribution in [3.05, 3.63) is 42.2 Å². The highest BCUT2D eigenvalue weighted by atomic mass is 16.5. The van der Waals surface area contributed by atoms with Crippen LogP contribution in [0.15, 0.2) is 40.9 Å². The Morgan fingerprint density at radius 1 is 1.23 bits per heavy atom. The van der Waals surface area contributed by atoms with Gasteiger partial charge >= 0.3 is 0 Å². The zero-order chi connectivity index (χ0) is 15.4. The standard InChI is InChI=1S/C16H19N3O3/c1-13-11-15(17-22-13)21-12-16(20)19-9-7-18(8-10-19)14-5-3-2-4-6-14/h2-6,11H,7-10,12H2,1H3. The van der Waals surface area contributed by atoms with Gasteiger partial charge in [-0.2, -0.15) is 0 Å². The third-order valence-electron chi connectivity index (χ3n) is 3.70. The maximum absolute atomic E-state index is 12.1. The minimum atomic E-state index is -0.0200. The molecule has 22 heavy (non-hydrogen) atoms. The molecule has 0 saturated carbocycles. The Labute approximate surface area is 129 Å². The van der Waals surface area contributed by atoms with E-state index in [1.54, 1.807) is 13.0 Å². The smallest absolute Gasteiger partial charge is 0.260 e. The highest BCUT2D eigenvalue weighted by Gasteiger charge is 2.21. The number of hydrogen-bond donors (Lipinski definition) is 0. The Kier molecular flexibility index (Phi) is 4.27. The van der Waals surface area contributed by atoms with E-state index in [-0.39, 0.29) is 12.5 Å². The molecule has 0 spiro atoms. The number of carbonyl (C=O) groups is 1. The molecule has 0 aliphatic carbocycles. The number of amides is 1. The predicted octanol–water partition coefficient (Wildman–Crippen LogP) is 1.71. The molecular weight excluding hydrogens is 282 g/mol. The number of carbonyl (C=O) groups excluding carboxylic acids is 1. The molecule has 2 aromatic rings. The van der Waals surface area contributed by atoms with Gasteiger partial charge in [-0.05, 0) is 24.2 Å². The van der Waals surface area contributed by atoms with Crippen LogP contribution in [0.25, 0.3) is 0 Å². The first-order valence-electron chi connectivity index (χ1n) is 7.36. The molecule has 116 valence electrons. The van der Waals surface area contributed by atoms with E-state index in [9.17, 15) is 4.79 Å². The second-order valence-corrected chi connectivity index (χ2v) is 5.27. The molecule has 1 amide bonds. The minimum Gasteiger partial charge on any atom is -0.465 e. The maximum atomic E-state index is 12.1. The van der Waals surface area contributed by atoms with Crippen molar-refractivity contribution in [2.75, 3.05) is 37.7 Å². The Morgan fingerprint density at radius 2 is 1.95 bits per heavy atom. The molecule has 0 N–H and O–H groups in total. The minimum absolute atomic E-state index is 0.00267. The number of nitrogens with zero attached hydrogens (tertiary/aromatic N) is 3. The van der Waals surface area contributed by atoms with Gasteiger partial charge in [0.2, 0.25) is 0 Å². The van der Waals surface area contributed by atoms with E-state index in [0.717, 1.165) is 13.1 Å². The lowest BCUT2D eigenvalue weighted by molar-refractivity contribution is -0.133. The van der Waals surface area contributed by atoms with E-state index in [0.29, 0.717) is 24.7 Å². The van der Waals surface area contributed by atoms with Gasteiger partial charge in [-0.15, -0.1) is 0 Å². The first-order chi connectivity index (χ1) is 10.7. The predicted molar refractivity (Wildman–Crippen MR) is 82.0 cm³/mol. The van der Waals surface area contributed by atoms with E-state index in [2.05, 4.69) is 22.2 Å². The van der Waals surface area contributed by atoms with Crippen LogP contribution < -0.4 is 9.64 Å². The average molecular weight is 301 g/mol. The van der Waals surface area contributed by atoms with Gasteiger partial charge in [0.25, 0.3) is 11.8 Å². The molecule has 0 unspecified atom stereocenters. The molecule has 3 rings (SSSR count). The number of para-hydroxylation sites is 1. The summed E-state index contributed by atoms with van der Waals surface area (Å²) in [7, 11) is 0. The summed E-state index contributed by atoms with van der Waals surface area (Å²) in [4.78, 5) is 16.3. The molecule has 6 heteroatoms. The van der Waals surface area contributed by atoms with Crippen LogP contribution in [-0.4, -0.2) is 48.7 Å². The molecule has 1 saturated heterocycles. The second-order valence-electron chi connectivity index (χ2n) is 5.27. The number of hydrogen-bond acceptors (Lipinski definition) is 5. The van der Waals surface area contributed by atoms with Crippen molar-refractivity contribution in [2.24, 2.45) is 0 Å². The molecule has 1 aliphatic heterocycles. The number of ether oxygens (including phenoxy) is 1. The van der Waals surface area contributed by atoms with Gasteiger partial charge in [-0.25, -0.2) is 0 Å². The summed E-state index contributed by atoms with van der Waals surface area (Å²) in [6, 6.07) is 11.9. The van der Waals surface area contributed by atoms with Gasteiger partial charge in [0.15, 0.2) is 6.61 Å². The Balaban J connectivity index is 1.47. The van der Waals surface area contributed by atoms with Crippen molar-refractivity contribution in [3.63, 3.8) is 0 Å². The molecule has 2 heterocycles. The van der Waals surface area contributed by atoms with Crippen LogP contribution in [-0.2, 0) is 4.79 Å². The molecule has 1 fully saturated rings. The third kappa shape index (κ3) is 3.39. The van der Waals surface area contributed by atoms with Crippen LogP contribution in [0.1, 0.15) is 5.76 Å². The summed E-state index contributed by atoms with van der Waals surface area (Å²) >= 11 is 0. The molecular formula is C16H19N3O3. The normalized spacial score (nSPS) is 15.0. The van der Waals surface area contributed by atoms with Crippen LogP contribution in [0.4, 0.5) is 5.69 Å². The van der Waals surface area contributed by atoms with E-state index < -0.39 is 0 Å². The lowest BCUT2D eigenvalue weighted by Gasteiger charge is -2.36. The van der Waals surface area contributed by atoms with Crippen molar-refractivity contribution in [3.8, 4) is 5.88 Å². The molecule has 0 bridgehead atoms. The monoisotopic (exact) mass is 301 g/mol. The molecule has 6 nitrogen and oxygen atoms in total. The van der Waals surface area contributed by atoms with E-state index in [1.165, 1.54) is 5.69 Å². The molecule has 0 radical (unpaired) electrons. The van der Waals surface area contributed by atoms with Gasteiger partial charge in [-0.3, -0.25) is 4.79 Å². The van der Waals surface area contributed by atoms with Gasteiger partial charge in [0, 0.05) is 37.9 Å². The Hall–Kier alpha value is -2.50. The number of anilines is 1. The fourth-order valence-electron chi connectivity index (χ4n) is 2.49. The van der Waals surface area contributed by atoms with Crippen molar-refractivity contribution < 1.29 is 14.1 Å². The third-order valence-corrected chi connectivity index (χ3v) is 3.70. The first-order valence-corrected chi connectivity index (χ1v) is 7.36. The van der Waals surface area contributed by atoms with Gasteiger partial charge in [0.1, 0.15) is 5.76 Å². The van der Waals surface area contributed by atoms with Crippen LogP contribution in [0.5, 0.6) is 5.88 Å². The van der Waals surface area contributed by atoms with Gasteiger partial charge in [-0.1, -0.05) is 18.2 Å². The summed E-state index contributed by atoms with van der Waals surface area (Å²) in [6.07, 6.45) is 0.